The average Bonchev–Trinajstić information content (AvgIpc) is 3.07. The Labute approximate surface area is 164 Å². The van der Waals surface area contributed by atoms with Gasteiger partial charge in [-0.3, -0.25) is 0 Å². The summed E-state index contributed by atoms with van der Waals surface area (Å²) in [6.45, 7) is 6.71. The maximum atomic E-state index is 6.68. The fourth-order valence-electron chi connectivity index (χ4n) is 3.26. The molecule has 0 spiro atoms. The van der Waals surface area contributed by atoms with Gasteiger partial charge in [0.05, 0.1) is 24.4 Å². The second-order valence-electron chi connectivity index (χ2n) is 7.90. The Hall–Kier alpha value is -1.50. The molecule has 1 heterocycles. The SMILES string of the molecule is COC1O[C@H](COC(C)(C)C)C[C@H]1O[SiH](c1ccccc1)c1ccccc1. The molecule has 0 saturated carbocycles. The Bertz CT molecular complexity index is 647. The van der Waals surface area contributed by atoms with Crippen LogP contribution in [0.5, 0.6) is 0 Å². The smallest absolute Gasteiger partial charge is 0.240 e. The van der Waals surface area contributed by atoms with Crippen LogP contribution in [0.25, 0.3) is 0 Å². The van der Waals surface area contributed by atoms with Gasteiger partial charge >= 0.3 is 0 Å². The highest BCUT2D eigenvalue weighted by Crippen LogP contribution is 2.26. The molecule has 1 aliphatic rings. The van der Waals surface area contributed by atoms with Crippen LogP contribution in [-0.2, 0) is 18.6 Å². The summed E-state index contributed by atoms with van der Waals surface area (Å²) in [5, 5.41) is 2.51. The first-order valence-corrected chi connectivity index (χ1v) is 11.2. The molecule has 0 bridgehead atoms. The summed E-state index contributed by atoms with van der Waals surface area (Å²) in [7, 11) is -0.161. The zero-order valence-corrected chi connectivity index (χ0v) is 17.8. The van der Waals surface area contributed by atoms with Gasteiger partial charge in [-0.2, -0.15) is 0 Å². The van der Waals surface area contributed by atoms with Crippen molar-refractivity contribution >= 4 is 19.4 Å². The lowest BCUT2D eigenvalue weighted by molar-refractivity contribution is -0.159. The third-order valence-electron chi connectivity index (χ3n) is 4.58. The number of ether oxygens (including phenoxy) is 3. The number of hydrogen-bond acceptors (Lipinski definition) is 4. The maximum absolute atomic E-state index is 6.68. The van der Waals surface area contributed by atoms with Crippen LogP contribution in [0.15, 0.2) is 60.7 Å². The van der Waals surface area contributed by atoms with E-state index >= 15 is 0 Å². The lowest BCUT2D eigenvalue weighted by atomic mass is 10.2. The van der Waals surface area contributed by atoms with E-state index in [1.165, 1.54) is 10.4 Å². The molecule has 2 aromatic rings. The first-order valence-electron chi connectivity index (χ1n) is 9.54. The zero-order valence-electron chi connectivity index (χ0n) is 16.6. The van der Waals surface area contributed by atoms with Crippen LogP contribution in [-0.4, -0.2) is 46.9 Å². The second-order valence-corrected chi connectivity index (χ2v) is 10.3. The fourth-order valence-corrected chi connectivity index (χ4v) is 5.69. The molecule has 0 N–H and O–H groups in total. The molecule has 0 aromatic heterocycles. The molecule has 5 heteroatoms. The highest BCUT2D eigenvalue weighted by atomic mass is 28.3. The van der Waals surface area contributed by atoms with Crippen molar-refractivity contribution < 1.29 is 18.6 Å². The summed E-state index contributed by atoms with van der Waals surface area (Å²) in [6.07, 6.45) is 0.305. The minimum absolute atomic E-state index is 0.0135. The molecule has 2 aromatic carbocycles. The Kier molecular flexibility index (Phi) is 6.84. The summed E-state index contributed by atoms with van der Waals surface area (Å²) in [6, 6.07) is 21.0. The van der Waals surface area contributed by atoms with Crippen LogP contribution >= 0.6 is 0 Å². The van der Waals surface area contributed by atoms with Crippen molar-refractivity contribution in [1.82, 2.24) is 0 Å². The molecule has 1 fully saturated rings. The lowest BCUT2D eigenvalue weighted by Crippen LogP contribution is -2.48. The van der Waals surface area contributed by atoms with Crippen LogP contribution in [0.1, 0.15) is 27.2 Å². The highest BCUT2D eigenvalue weighted by molar-refractivity contribution is 6.80. The van der Waals surface area contributed by atoms with E-state index in [1.54, 1.807) is 7.11 Å². The Morgan fingerprint density at radius 3 is 2.00 bits per heavy atom. The van der Waals surface area contributed by atoms with E-state index in [1.807, 2.05) is 12.1 Å². The molecular formula is C22H30O4Si. The van der Waals surface area contributed by atoms with Gasteiger partial charge < -0.3 is 18.6 Å². The average molecular weight is 387 g/mol. The molecule has 1 unspecified atom stereocenters. The minimum atomic E-state index is -1.84. The summed E-state index contributed by atoms with van der Waals surface area (Å²) >= 11 is 0. The van der Waals surface area contributed by atoms with Crippen LogP contribution < -0.4 is 10.4 Å². The van der Waals surface area contributed by atoms with Gasteiger partial charge in [0.15, 0.2) is 6.29 Å². The van der Waals surface area contributed by atoms with Gasteiger partial charge in [-0.1, -0.05) is 60.7 Å². The first-order chi connectivity index (χ1) is 13.0. The van der Waals surface area contributed by atoms with E-state index in [-0.39, 0.29) is 24.1 Å². The zero-order chi connectivity index (χ0) is 19.3. The van der Waals surface area contributed by atoms with Crippen LogP contribution in [0.3, 0.4) is 0 Å². The summed E-state index contributed by atoms with van der Waals surface area (Å²) < 4.78 is 24.2. The topological polar surface area (TPSA) is 36.9 Å². The first kappa shape index (κ1) is 20.2. The van der Waals surface area contributed by atoms with Crippen molar-refractivity contribution in [2.75, 3.05) is 13.7 Å². The minimum Gasteiger partial charge on any atom is -0.403 e. The van der Waals surface area contributed by atoms with Crippen LogP contribution in [0, 0.1) is 0 Å². The van der Waals surface area contributed by atoms with Gasteiger partial charge in [0.25, 0.3) is 0 Å². The number of hydrogen-bond donors (Lipinski definition) is 0. The summed E-state index contributed by atoms with van der Waals surface area (Å²) in [5.74, 6) is 0. The largest absolute Gasteiger partial charge is 0.403 e. The number of benzene rings is 2. The fraction of sp³-hybridized carbons (Fsp3) is 0.455. The van der Waals surface area contributed by atoms with E-state index in [4.69, 9.17) is 18.6 Å². The highest BCUT2D eigenvalue weighted by Gasteiger charge is 2.39. The van der Waals surface area contributed by atoms with Crippen molar-refractivity contribution in [3.05, 3.63) is 60.7 Å². The van der Waals surface area contributed by atoms with E-state index in [2.05, 4.69) is 69.3 Å². The number of methoxy groups -OCH3 is 1. The molecule has 146 valence electrons. The Morgan fingerprint density at radius 2 is 1.52 bits per heavy atom. The number of rotatable bonds is 7. The van der Waals surface area contributed by atoms with E-state index in [0.29, 0.717) is 6.61 Å². The molecule has 3 atom stereocenters. The second kappa shape index (κ2) is 9.13. The maximum Gasteiger partial charge on any atom is 0.240 e. The molecule has 3 rings (SSSR count). The van der Waals surface area contributed by atoms with Crippen LogP contribution in [0.4, 0.5) is 0 Å². The van der Waals surface area contributed by atoms with Gasteiger partial charge in [-0.05, 0) is 31.1 Å². The van der Waals surface area contributed by atoms with Gasteiger partial charge in [0, 0.05) is 13.5 Å². The van der Waals surface area contributed by atoms with Gasteiger partial charge in [-0.25, -0.2) is 0 Å². The van der Waals surface area contributed by atoms with Gasteiger partial charge in [0.2, 0.25) is 9.04 Å². The van der Waals surface area contributed by atoms with Crippen molar-refractivity contribution in [2.45, 2.75) is 51.3 Å². The molecule has 4 nitrogen and oxygen atoms in total. The predicted molar refractivity (Wildman–Crippen MR) is 110 cm³/mol. The van der Waals surface area contributed by atoms with E-state index in [9.17, 15) is 0 Å². The molecule has 27 heavy (non-hydrogen) atoms. The molecular weight excluding hydrogens is 356 g/mol. The van der Waals surface area contributed by atoms with Crippen molar-refractivity contribution in [3.63, 3.8) is 0 Å². The molecule has 1 aliphatic heterocycles. The summed E-state index contributed by atoms with van der Waals surface area (Å²) in [4.78, 5) is 0. The summed E-state index contributed by atoms with van der Waals surface area (Å²) in [5.41, 5.74) is -0.184. The van der Waals surface area contributed by atoms with Gasteiger partial charge in [-0.15, -0.1) is 0 Å². The quantitative estimate of drug-likeness (QED) is 0.685. The normalized spacial score (nSPS) is 23.1. The lowest BCUT2D eigenvalue weighted by Gasteiger charge is -2.24. The molecule has 0 amide bonds. The molecule has 0 aliphatic carbocycles. The predicted octanol–water partition coefficient (Wildman–Crippen LogP) is 2.49. The van der Waals surface area contributed by atoms with E-state index in [0.717, 1.165) is 6.42 Å². The monoisotopic (exact) mass is 386 g/mol. The third kappa shape index (κ3) is 5.73. The third-order valence-corrected chi connectivity index (χ3v) is 7.18. The Morgan fingerprint density at radius 1 is 0.963 bits per heavy atom. The molecule has 1 saturated heterocycles. The van der Waals surface area contributed by atoms with Crippen molar-refractivity contribution in [1.29, 1.82) is 0 Å². The van der Waals surface area contributed by atoms with Crippen molar-refractivity contribution in [3.8, 4) is 0 Å². The standard InChI is InChI=1S/C22H30O4Si/c1-22(2,3)24-16-17-15-20(21(23-4)25-17)26-27(18-11-7-5-8-12-18)19-13-9-6-10-14-19/h5-14,17,20-21,27H,15-16H2,1-4H3/t17-,20+,21?/m0/s1. The molecule has 0 radical (unpaired) electrons. The van der Waals surface area contributed by atoms with Crippen LogP contribution in [0.2, 0.25) is 0 Å². The van der Waals surface area contributed by atoms with E-state index < -0.39 is 9.04 Å². The van der Waals surface area contributed by atoms with Crippen molar-refractivity contribution in [2.24, 2.45) is 0 Å². The van der Waals surface area contributed by atoms with Gasteiger partial charge in [0.1, 0.15) is 0 Å². The Balaban J connectivity index is 1.74.